The van der Waals surface area contributed by atoms with Gasteiger partial charge in [-0.25, -0.2) is 0 Å². The first-order chi connectivity index (χ1) is 10.3. The molecule has 112 valence electrons. The molecule has 0 unspecified atom stereocenters. The molecule has 1 aliphatic heterocycles. The standard InChI is InChI=1S/C15H19N3O3/c1-11-10-20-8-7-18(11)9-14-16-17-15(21-14)12-3-5-13(19-2)6-4-12/h3-6,11H,7-10H2,1-2H3/t11-/m1/s1. The van der Waals surface area contributed by atoms with E-state index < -0.39 is 0 Å². The van der Waals surface area contributed by atoms with Crippen molar-refractivity contribution in [2.24, 2.45) is 0 Å². The Bertz CT molecular complexity index is 582. The normalized spacial score (nSPS) is 19.6. The van der Waals surface area contributed by atoms with Crippen LogP contribution < -0.4 is 4.74 Å². The number of nitrogens with zero attached hydrogens (tertiary/aromatic N) is 3. The summed E-state index contributed by atoms with van der Waals surface area (Å²) in [7, 11) is 1.64. The third kappa shape index (κ3) is 3.22. The van der Waals surface area contributed by atoms with Crippen LogP contribution in [-0.4, -0.2) is 48.0 Å². The van der Waals surface area contributed by atoms with Crippen molar-refractivity contribution in [2.75, 3.05) is 26.9 Å². The zero-order valence-electron chi connectivity index (χ0n) is 12.3. The predicted octanol–water partition coefficient (Wildman–Crippen LogP) is 1.97. The number of methoxy groups -OCH3 is 1. The lowest BCUT2D eigenvalue weighted by molar-refractivity contribution is -0.00777. The van der Waals surface area contributed by atoms with Crippen LogP contribution >= 0.6 is 0 Å². The zero-order valence-corrected chi connectivity index (χ0v) is 12.3. The Kier molecular flexibility index (Phi) is 4.17. The second kappa shape index (κ2) is 6.24. The lowest BCUT2D eigenvalue weighted by Crippen LogP contribution is -2.42. The van der Waals surface area contributed by atoms with E-state index in [2.05, 4.69) is 22.0 Å². The summed E-state index contributed by atoms with van der Waals surface area (Å²) in [5.74, 6) is 1.98. The molecule has 0 amide bonds. The van der Waals surface area contributed by atoms with Gasteiger partial charge < -0.3 is 13.9 Å². The van der Waals surface area contributed by atoms with Crippen LogP contribution in [-0.2, 0) is 11.3 Å². The summed E-state index contributed by atoms with van der Waals surface area (Å²) in [6.07, 6.45) is 0. The number of ether oxygens (including phenoxy) is 2. The Morgan fingerprint density at radius 2 is 2.10 bits per heavy atom. The van der Waals surface area contributed by atoms with Gasteiger partial charge in [0.1, 0.15) is 5.75 Å². The van der Waals surface area contributed by atoms with Crippen molar-refractivity contribution in [3.8, 4) is 17.2 Å². The van der Waals surface area contributed by atoms with Crippen LogP contribution in [0.3, 0.4) is 0 Å². The van der Waals surface area contributed by atoms with E-state index in [1.165, 1.54) is 0 Å². The number of hydrogen-bond acceptors (Lipinski definition) is 6. The van der Waals surface area contributed by atoms with E-state index in [0.29, 0.717) is 24.4 Å². The summed E-state index contributed by atoms with van der Waals surface area (Å²) in [6.45, 7) is 5.19. The molecule has 1 aromatic heterocycles. The minimum absolute atomic E-state index is 0.370. The average molecular weight is 289 g/mol. The second-order valence-electron chi connectivity index (χ2n) is 5.12. The van der Waals surface area contributed by atoms with Gasteiger partial charge in [0.05, 0.1) is 26.9 Å². The summed E-state index contributed by atoms with van der Waals surface area (Å²) in [5.41, 5.74) is 0.893. The SMILES string of the molecule is COc1ccc(-c2nnc(CN3CCOC[C@H]3C)o2)cc1. The molecule has 1 saturated heterocycles. The third-order valence-corrected chi connectivity index (χ3v) is 3.65. The number of aromatic nitrogens is 2. The molecule has 1 fully saturated rings. The van der Waals surface area contributed by atoms with Gasteiger partial charge in [-0.05, 0) is 31.2 Å². The highest BCUT2D eigenvalue weighted by Crippen LogP contribution is 2.22. The van der Waals surface area contributed by atoms with Crippen LogP contribution in [0.1, 0.15) is 12.8 Å². The highest BCUT2D eigenvalue weighted by atomic mass is 16.5. The van der Waals surface area contributed by atoms with Crippen LogP contribution in [0.5, 0.6) is 5.75 Å². The van der Waals surface area contributed by atoms with Crippen molar-refractivity contribution >= 4 is 0 Å². The summed E-state index contributed by atoms with van der Waals surface area (Å²) < 4.78 is 16.3. The van der Waals surface area contributed by atoms with E-state index in [4.69, 9.17) is 13.9 Å². The summed E-state index contributed by atoms with van der Waals surface area (Å²) >= 11 is 0. The van der Waals surface area contributed by atoms with Gasteiger partial charge >= 0.3 is 0 Å². The highest BCUT2D eigenvalue weighted by Gasteiger charge is 2.21. The van der Waals surface area contributed by atoms with Crippen molar-refractivity contribution in [1.82, 2.24) is 15.1 Å². The third-order valence-electron chi connectivity index (χ3n) is 3.65. The van der Waals surface area contributed by atoms with Crippen molar-refractivity contribution in [1.29, 1.82) is 0 Å². The van der Waals surface area contributed by atoms with Crippen molar-refractivity contribution in [3.63, 3.8) is 0 Å². The molecule has 0 spiro atoms. The van der Waals surface area contributed by atoms with E-state index in [1.807, 2.05) is 24.3 Å². The van der Waals surface area contributed by atoms with Crippen LogP contribution in [0.15, 0.2) is 28.7 Å². The Labute approximate surface area is 123 Å². The molecule has 2 heterocycles. The first-order valence-electron chi connectivity index (χ1n) is 7.05. The lowest BCUT2D eigenvalue weighted by atomic mass is 10.2. The fourth-order valence-electron chi connectivity index (χ4n) is 2.34. The first-order valence-corrected chi connectivity index (χ1v) is 7.05. The van der Waals surface area contributed by atoms with E-state index >= 15 is 0 Å². The Morgan fingerprint density at radius 1 is 1.29 bits per heavy atom. The van der Waals surface area contributed by atoms with Crippen molar-refractivity contribution < 1.29 is 13.9 Å². The van der Waals surface area contributed by atoms with Gasteiger partial charge in [-0.1, -0.05) is 0 Å². The van der Waals surface area contributed by atoms with E-state index in [0.717, 1.165) is 31.1 Å². The Hall–Kier alpha value is -1.92. The average Bonchev–Trinajstić information content (AvgIpc) is 2.98. The molecule has 1 atom stereocenters. The molecule has 0 radical (unpaired) electrons. The van der Waals surface area contributed by atoms with Gasteiger partial charge in [0.15, 0.2) is 0 Å². The van der Waals surface area contributed by atoms with Gasteiger partial charge in [-0.2, -0.15) is 0 Å². The van der Waals surface area contributed by atoms with E-state index in [9.17, 15) is 0 Å². The van der Waals surface area contributed by atoms with Crippen LogP contribution in [0.2, 0.25) is 0 Å². The smallest absolute Gasteiger partial charge is 0.247 e. The lowest BCUT2D eigenvalue weighted by Gasteiger charge is -2.31. The molecule has 0 N–H and O–H groups in total. The Balaban J connectivity index is 1.70. The zero-order chi connectivity index (χ0) is 14.7. The molecule has 1 aromatic carbocycles. The monoisotopic (exact) mass is 289 g/mol. The minimum atomic E-state index is 0.370. The molecular weight excluding hydrogens is 270 g/mol. The van der Waals surface area contributed by atoms with Gasteiger partial charge in [0.2, 0.25) is 11.8 Å². The molecule has 0 bridgehead atoms. The molecule has 3 rings (SSSR count). The van der Waals surface area contributed by atoms with E-state index in [-0.39, 0.29) is 0 Å². The largest absolute Gasteiger partial charge is 0.497 e. The molecular formula is C15H19N3O3. The van der Waals surface area contributed by atoms with Gasteiger partial charge in [-0.15, -0.1) is 10.2 Å². The summed E-state index contributed by atoms with van der Waals surface area (Å²) in [4.78, 5) is 2.29. The summed E-state index contributed by atoms with van der Waals surface area (Å²) in [5, 5.41) is 8.25. The maximum atomic E-state index is 5.75. The fourth-order valence-corrected chi connectivity index (χ4v) is 2.34. The molecule has 6 heteroatoms. The van der Waals surface area contributed by atoms with Crippen LogP contribution in [0.4, 0.5) is 0 Å². The molecule has 0 saturated carbocycles. The summed E-state index contributed by atoms with van der Waals surface area (Å²) in [6, 6.07) is 7.95. The maximum absolute atomic E-state index is 5.75. The van der Waals surface area contributed by atoms with Gasteiger partial charge in [-0.3, -0.25) is 4.90 Å². The topological polar surface area (TPSA) is 60.6 Å². The van der Waals surface area contributed by atoms with Crippen molar-refractivity contribution in [3.05, 3.63) is 30.2 Å². The van der Waals surface area contributed by atoms with Crippen LogP contribution in [0, 0.1) is 0 Å². The first kappa shape index (κ1) is 14.0. The molecule has 1 aliphatic rings. The van der Waals surface area contributed by atoms with Gasteiger partial charge in [0.25, 0.3) is 0 Å². The fraction of sp³-hybridized carbons (Fsp3) is 0.467. The quantitative estimate of drug-likeness (QED) is 0.857. The molecule has 6 nitrogen and oxygen atoms in total. The number of hydrogen-bond donors (Lipinski definition) is 0. The molecule has 21 heavy (non-hydrogen) atoms. The number of benzene rings is 1. The number of morpholine rings is 1. The second-order valence-corrected chi connectivity index (χ2v) is 5.12. The van der Waals surface area contributed by atoms with Gasteiger partial charge in [0, 0.05) is 18.2 Å². The molecule has 2 aromatic rings. The molecule has 0 aliphatic carbocycles. The predicted molar refractivity (Wildman–Crippen MR) is 77.0 cm³/mol. The minimum Gasteiger partial charge on any atom is -0.497 e. The van der Waals surface area contributed by atoms with Crippen LogP contribution in [0.25, 0.3) is 11.5 Å². The highest BCUT2D eigenvalue weighted by molar-refractivity contribution is 5.53. The Morgan fingerprint density at radius 3 is 2.81 bits per heavy atom. The number of rotatable bonds is 4. The van der Waals surface area contributed by atoms with E-state index in [1.54, 1.807) is 7.11 Å². The maximum Gasteiger partial charge on any atom is 0.247 e. The van der Waals surface area contributed by atoms with Crippen molar-refractivity contribution in [2.45, 2.75) is 19.5 Å².